The molecule has 0 spiro atoms. The van der Waals surface area contributed by atoms with Gasteiger partial charge in [-0.15, -0.1) is 0 Å². The average molecular weight is 297 g/mol. The summed E-state index contributed by atoms with van der Waals surface area (Å²) in [6, 6.07) is 6.70. The second kappa shape index (κ2) is 7.55. The van der Waals surface area contributed by atoms with Gasteiger partial charge in [-0.25, -0.2) is 0 Å². The van der Waals surface area contributed by atoms with E-state index in [2.05, 4.69) is 50.7 Å². The Kier molecular flexibility index (Phi) is 6.34. The average Bonchev–Trinajstić information content (AvgIpc) is 2.34. The summed E-state index contributed by atoms with van der Waals surface area (Å²) in [7, 11) is 0. The molecule has 0 radical (unpaired) electrons. The highest BCUT2D eigenvalue weighted by Crippen LogP contribution is 2.19. The second-order valence-electron chi connectivity index (χ2n) is 6.43. The SMILES string of the molecule is CC(C)C(=Cc1ccc(OC(F)F)cc1)CNC(C)(C)C. The van der Waals surface area contributed by atoms with E-state index in [9.17, 15) is 8.78 Å². The minimum atomic E-state index is -2.78. The Morgan fingerprint density at radius 1 is 1.19 bits per heavy atom. The predicted octanol–water partition coefficient (Wildman–Crippen LogP) is 4.72. The van der Waals surface area contributed by atoms with Crippen molar-refractivity contribution in [3.05, 3.63) is 35.4 Å². The molecule has 0 saturated heterocycles. The maximum atomic E-state index is 12.1. The molecule has 0 aliphatic heterocycles. The zero-order valence-electron chi connectivity index (χ0n) is 13.4. The normalized spacial score (nSPS) is 13.1. The van der Waals surface area contributed by atoms with Gasteiger partial charge >= 0.3 is 6.61 Å². The van der Waals surface area contributed by atoms with E-state index in [0.717, 1.165) is 12.1 Å². The number of ether oxygens (including phenoxy) is 1. The molecule has 21 heavy (non-hydrogen) atoms. The molecule has 0 unspecified atom stereocenters. The Balaban J connectivity index is 2.80. The molecule has 0 fully saturated rings. The molecular weight excluding hydrogens is 272 g/mol. The minimum absolute atomic E-state index is 0.0585. The van der Waals surface area contributed by atoms with E-state index >= 15 is 0 Å². The van der Waals surface area contributed by atoms with Gasteiger partial charge < -0.3 is 10.1 Å². The van der Waals surface area contributed by atoms with Gasteiger partial charge in [-0.1, -0.05) is 37.6 Å². The van der Waals surface area contributed by atoms with Crippen LogP contribution in [-0.4, -0.2) is 18.7 Å². The lowest BCUT2D eigenvalue weighted by molar-refractivity contribution is -0.0498. The summed E-state index contributed by atoms with van der Waals surface area (Å²) in [5.74, 6) is 0.595. The predicted molar refractivity (Wildman–Crippen MR) is 83.6 cm³/mol. The molecule has 1 N–H and O–H groups in total. The molecule has 1 rings (SSSR count). The Morgan fingerprint density at radius 3 is 2.19 bits per heavy atom. The molecule has 4 heteroatoms. The molecule has 0 saturated carbocycles. The first-order chi connectivity index (χ1) is 9.67. The Morgan fingerprint density at radius 2 is 1.76 bits per heavy atom. The third-order valence-corrected chi connectivity index (χ3v) is 3.02. The molecule has 0 amide bonds. The molecule has 1 aromatic rings. The van der Waals surface area contributed by atoms with Gasteiger partial charge in [-0.05, 0) is 44.4 Å². The third kappa shape index (κ3) is 7.23. The maximum Gasteiger partial charge on any atom is 0.387 e. The van der Waals surface area contributed by atoms with Crippen LogP contribution in [0.25, 0.3) is 6.08 Å². The van der Waals surface area contributed by atoms with E-state index in [1.54, 1.807) is 24.3 Å². The first-order valence-electron chi connectivity index (χ1n) is 7.18. The van der Waals surface area contributed by atoms with Gasteiger partial charge in [0.2, 0.25) is 0 Å². The van der Waals surface area contributed by atoms with Crippen LogP contribution in [0.2, 0.25) is 0 Å². The summed E-state index contributed by atoms with van der Waals surface area (Å²) in [5, 5.41) is 3.47. The van der Waals surface area contributed by atoms with Gasteiger partial charge in [-0.2, -0.15) is 8.78 Å². The fourth-order valence-corrected chi connectivity index (χ4v) is 1.75. The first kappa shape index (κ1) is 17.6. The van der Waals surface area contributed by atoms with Gasteiger partial charge in [0.25, 0.3) is 0 Å². The van der Waals surface area contributed by atoms with Crippen LogP contribution in [0.5, 0.6) is 5.75 Å². The van der Waals surface area contributed by atoms with Gasteiger partial charge in [0.05, 0.1) is 0 Å². The topological polar surface area (TPSA) is 21.3 Å². The van der Waals surface area contributed by atoms with Crippen molar-refractivity contribution in [3.8, 4) is 5.75 Å². The largest absolute Gasteiger partial charge is 0.435 e. The molecule has 0 aliphatic carbocycles. The highest BCUT2D eigenvalue weighted by molar-refractivity contribution is 5.54. The number of halogens is 2. The quantitative estimate of drug-likeness (QED) is 0.820. The van der Waals surface area contributed by atoms with Crippen molar-refractivity contribution in [2.45, 2.75) is 46.8 Å². The highest BCUT2D eigenvalue weighted by atomic mass is 19.3. The summed E-state index contributed by atoms with van der Waals surface area (Å²) in [6.45, 7) is 8.68. The van der Waals surface area contributed by atoms with Crippen LogP contribution in [-0.2, 0) is 0 Å². The monoisotopic (exact) mass is 297 g/mol. The lowest BCUT2D eigenvalue weighted by Crippen LogP contribution is -2.37. The standard InChI is InChI=1S/C17H25F2NO/c1-12(2)14(11-20-17(3,4)5)10-13-6-8-15(9-7-13)21-16(18)19/h6-10,12,16,20H,11H2,1-5H3. The van der Waals surface area contributed by atoms with Crippen molar-refractivity contribution >= 4 is 6.08 Å². The number of rotatable bonds is 6. The van der Waals surface area contributed by atoms with E-state index in [4.69, 9.17) is 0 Å². The van der Waals surface area contributed by atoms with E-state index in [0.29, 0.717) is 5.92 Å². The van der Waals surface area contributed by atoms with E-state index in [-0.39, 0.29) is 11.3 Å². The fraction of sp³-hybridized carbons (Fsp3) is 0.529. The molecular formula is C17H25F2NO. The summed E-state index contributed by atoms with van der Waals surface area (Å²) < 4.78 is 28.6. The fourth-order valence-electron chi connectivity index (χ4n) is 1.75. The van der Waals surface area contributed by atoms with E-state index in [1.165, 1.54) is 5.57 Å². The van der Waals surface area contributed by atoms with Crippen LogP contribution < -0.4 is 10.1 Å². The molecule has 0 heterocycles. The molecule has 2 nitrogen and oxygen atoms in total. The highest BCUT2D eigenvalue weighted by Gasteiger charge is 2.11. The number of alkyl halides is 2. The van der Waals surface area contributed by atoms with Crippen LogP contribution in [0, 0.1) is 5.92 Å². The van der Waals surface area contributed by atoms with Crippen molar-refractivity contribution in [2.24, 2.45) is 5.92 Å². The third-order valence-electron chi connectivity index (χ3n) is 3.02. The molecule has 0 bridgehead atoms. The molecule has 1 aromatic carbocycles. The Labute approximate surface area is 126 Å². The molecule has 0 aromatic heterocycles. The summed E-state index contributed by atoms with van der Waals surface area (Å²) >= 11 is 0. The Bertz CT molecular complexity index is 459. The number of hydrogen-bond acceptors (Lipinski definition) is 2. The minimum Gasteiger partial charge on any atom is -0.435 e. The Hall–Kier alpha value is -1.42. The van der Waals surface area contributed by atoms with Crippen molar-refractivity contribution in [1.29, 1.82) is 0 Å². The van der Waals surface area contributed by atoms with Crippen molar-refractivity contribution in [1.82, 2.24) is 5.32 Å². The van der Waals surface area contributed by atoms with Gasteiger partial charge in [0, 0.05) is 12.1 Å². The maximum absolute atomic E-state index is 12.1. The smallest absolute Gasteiger partial charge is 0.387 e. The number of benzene rings is 1. The number of nitrogens with one attached hydrogen (secondary N) is 1. The zero-order valence-corrected chi connectivity index (χ0v) is 13.4. The lowest BCUT2D eigenvalue weighted by Gasteiger charge is -2.23. The number of hydrogen-bond donors (Lipinski definition) is 1. The summed E-state index contributed by atoms with van der Waals surface area (Å²) in [4.78, 5) is 0. The van der Waals surface area contributed by atoms with Crippen LogP contribution in [0.15, 0.2) is 29.8 Å². The van der Waals surface area contributed by atoms with Gasteiger partial charge in [0.1, 0.15) is 5.75 Å². The van der Waals surface area contributed by atoms with Crippen molar-refractivity contribution in [3.63, 3.8) is 0 Å². The van der Waals surface area contributed by atoms with E-state index < -0.39 is 6.61 Å². The van der Waals surface area contributed by atoms with Crippen LogP contribution in [0.3, 0.4) is 0 Å². The van der Waals surface area contributed by atoms with Crippen LogP contribution in [0.1, 0.15) is 40.2 Å². The molecule has 0 atom stereocenters. The van der Waals surface area contributed by atoms with Gasteiger partial charge in [-0.3, -0.25) is 0 Å². The van der Waals surface area contributed by atoms with Gasteiger partial charge in [0.15, 0.2) is 0 Å². The molecule has 0 aliphatic rings. The van der Waals surface area contributed by atoms with Crippen molar-refractivity contribution in [2.75, 3.05) is 6.54 Å². The zero-order chi connectivity index (χ0) is 16.0. The van der Waals surface area contributed by atoms with E-state index in [1.807, 2.05) is 0 Å². The summed E-state index contributed by atoms with van der Waals surface area (Å²) in [6.07, 6.45) is 2.09. The van der Waals surface area contributed by atoms with Crippen LogP contribution >= 0.6 is 0 Å². The second-order valence-corrected chi connectivity index (χ2v) is 6.43. The van der Waals surface area contributed by atoms with Crippen LogP contribution in [0.4, 0.5) is 8.78 Å². The molecule has 118 valence electrons. The first-order valence-corrected chi connectivity index (χ1v) is 7.18. The summed E-state index contributed by atoms with van der Waals surface area (Å²) in [5.41, 5.74) is 2.31. The lowest BCUT2D eigenvalue weighted by atomic mass is 9.98. The van der Waals surface area contributed by atoms with Crippen molar-refractivity contribution < 1.29 is 13.5 Å².